The first-order valence-corrected chi connectivity index (χ1v) is 9.91. The van der Waals surface area contributed by atoms with Gasteiger partial charge in [0.25, 0.3) is 5.89 Å². The number of carbonyl (C=O) groups is 2. The van der Waals surface area contributed by atoms with Crippen LogP contribution in [0.3, 0.4) is 0 Å². The Kier molecular flexibility index (Phi) is 5.21. The van der Waals surface area contributed by atoms with Gasteiger partial charge in [0.1, 0.15) is 0 Å². The standard InChI is InChI=1S/C20H18N4O3S/c1-12(25)14-3-2-4-16(9-14)22-17(26)11-28-18-8-7-15(10-21-18)20-23-19(24-27-20)13-5-6-13/h2-4,7-10,13H,5-6,11H2,1H3,(H,22,26). The Hall–Kier alpha value is -3.00. The van der Waals surface area contributed by atoms with Gasteiger partial charge in [0.15, 0.2) is 11.6 Å². The summed E-state index contributed by atoms with van der Waals surface area (Å²) in [7, 11) is 0. The molecule has 1 saturated carbocycles. The van der Waals surface area contributed by atoms with E-state index in [9.17, 15) is 9.59 Å². The van der Waals surface area contributed by atoms with Gasteiger partial charge in [-0.3, -0.25) is 9.59 Å². The van der Waals surface area contributed by atoms with E-state index in [4.69, 9.17) is 4.52 Å². The maximum atomic E-state index is 12.1. The molecular formula is C20H18N4O3S. The number of amides is 1. The van der Waals surface area contributed by atoms with Crippen molar-refractivity contribution in [3.63, 3.8) is 0 Å². The van der Waals surface area contributed by atoms with Crippen LogP contribution in [-0.2, 0) is 4.79 Å². The SMILES string of the molecule is CC(=O)c1cccc(NC(=O)CSc2ccc(-c3nc(C4CC4)no3)cn2)c1. The molecule has 4 rings (SSSR count). The van der Waals surface area contributed by atoms with Gasteiger partial charge in [-0.15, -0.1) is 0 Å². The third-order valence-corrected chi connectivity index (χ3v) is 5.22. The second-order valence-electron chi connectivity index (χ2n) is 6.59. The minimum absolute atomic E-state index is 0.0414. The summed E-state index contributed by atoms with van der Waals surface area (Å²) < 4.78 is 5.29. The fourth-order valence-electron chi connectivity index (χ4n) is 2.60. The molecule has 1 N–H and O–H groups in total. The molecule has 0 radical (unpaired) electrons. The zero-order valence-electron chi connectivity index (χ0n) is 15.2. The van der Waals surface area contributed by atoms with E-state index in [-0.39, 0.29) is 17.4 Å². The average molecular weight is 394 g/mol. The number of hydrogen-bond donors (Lipinski definition) is 1. The molecule has 1 fully saturated rings. The van der Waals surface area contributed by atoms with Crippen molar-refractivity contribution >= 4 is 29.1 Å². The molecule has 1 aliphatic rings. The number of nitrogens with zero attached hydrogens (tertiary/aromatic N) is 3. The van der Waals surface area contributed by atoms with Gasteiger partial charge >= 0.3 is 0 Å². The van der Waals surface area contributed by atoms with Crippen LogP contribution in [0, 0.1) is 0 Å². The Labute approximate surface area is 165 Å². The van der Waals surface area contributed by atoms with E-state index in [2.05, 4.69) is 20.4 Å². The van der Waals surface area contributed by atoms with Crippen molar-refractivity contribution in [2.24, 2.45) is 0 Å². The highest BCUT2D eigenvalue weighted by Crippen LogP contribution is 2.38. The van der Waals surface area contributed by atoms with E-state index < -0.39 is 0 Å². The highest BCUT2D eigenvalue weighted by atomic mass is 32.2. The van der Waals surface area contributed by atoms with E-state index in [0.29, 0.717) is 23.1 Å². The Morgan fingerprint density at radius 2 is 2.11 bits per heavy atom. The van der Waals surface area contributed by atoms with Gasteiger partial charge in [-0.1, -0.05) is 29.1 Å². The van der Waals surface area contributed by atoms with Gasteiger partial charge in [-0.25, -0.2) is 4.98 Å². The van der Waals surface area contributed by atoms with Gasteiger partial charge in [-0.2, -0.15) is 4.98 Å². The molecule has 0 spiro atoms. The molecule has 8 heteroatoms. The van der Waals surface area contributed by atoms with Crippen LogP contribution < -0.4 is 5.32 Å². The molecule has 2 heterocycles. The smallest absolute Gasteiger partial charge is 0.259 e. The number of benzene rings is 1. The number of ketones is 1. The number of hydrogen-bond acceptors (Lipinski definition) is 7. The normalized spacial score (nSPS) is 13.3. The molecule has 0 bridgehead atoms. The molecule has 142 valence electrons. The molecular weight excluding hydrogens is 376 g/mol. The lowest BCUT2D eigenvalue weighted by Gasteiger charge is -2.06. The molecule has 1 aliphatic carbocycles. The van der Waals surface area contributed by atoms with E-state index in [0.717, 1.165) is 29.3 Å². The first-order valence-electron chi connectivity index (χ1n) is 8.92. The fourth-order valence-corrected chi connectivity index (χ4v) is 3.25. The molecule has 0 aliphatic heterocycles. The Balaban J connectivity index is 1.32. The van der Waals surface area contributed by atoms with Crippen LogP contribution in [0.5, 0.6) is 0 Å². The van der Waals surface area contributed by atoms with Gasteiger partial charge < -0.3 is 9.84 Å². The van der Waals surface area contributed by atoms with Gasteiger partial charge in [0.05, 0.1) is 16.3 Å². The Morgan fingerprint density at radius 1 is 1.25 bits per heavy atom. The lowest BCUT2D eigenvalue weighted by molar-refractivity contribution is -0.113. The first-order chi connectivity index (χ1) is 13.6. The van der Waals surface area contributed by atoms with Crippen LogP contribution in [0.15, 0.2) is 52.1 Å². The topological polar surface area (TPSA) is 98.0 Å². The summed E-state index contributed by atoms with van der Waals surface area (Å²) in [6.07, 6.45) is 3.91. The largest absolute Gasteiger partial charge is 0.334 e. The molecule has 3 aromatic rings. The van der Waals surface area contributed by atoms with Crippen LogP contribution in [-0.4, -0.2) is 32.6 Å². The number of carbonyl (C=O) groups excluding carboxylic acids is 2. The number of thioether (sulfide) groups is 1. The average Bonchev–Trinajstić information content (AvgIpc) is 3.44. The van der Waals surface area contributed by atoms with Crippen molar-refractivity contribution < 1.29 is 14.1 Å². The molecule has 2 aromatic heterocycles. The van der Waals surface area contributed by atoms with Crippen molar-refractivity contribution in [2.45, 2.75) is 30.7 Å². The summed E-state index contributed by atoms with van der Waals surface area (Å²) >= 11 is 1.33. The lowest BCUT2D eigenvalue weighted by atomic mass is 10.1. The van der Waals surface area contributed by atoms with Crippen LogP contribution in [0.4, 0.5) is 5.69 Å². The molecule has 1 amide bonds. The minimum atomic E-state index is -0.164. The predicted octanol–water partition coefficient (Wildman–Crippen LogP) is 3.94. The summed E-state index contributed by atoms with van der Waals surface area (Å²) in [5, 5.41) is 7.51. The monoisotopic (exact) mass is 394 g/mol. The van der Waals surface area contributed by atoms with Crippen LogP contribution in [0.2, 0.25) is 0 Å². The molecule has 0 unspecified atom stereocenters. The highest BCUT2D eigenvalue weighted by Gasteiger charge is 2.29. The highest BCUT2D eigenvalue weighted by molar-refractivity contribution is 7.99. The van der Waals surface area contributed by atoms with Crippen molar-refractivity contribution in [3.8, 4) is 11.5 Å². The fraction of sp³-hybridized carbons (Fsp3) is 0.250. The number of nitrogens with one attached hydrogen (secondary N) is 1. The second kappa shape index (κ2) is 7.93. The molecule has 0 saturated heterocycles. The van der Waals surface area contributed by atoms with Crippen molar-refractivity contribution in [1.82, 2.24) is 15.1 Å². The molecule has 1 aromatic carbocycles. The maximum Gasteiger partial charge on any atom is 0.259 e. The quantitative estimate of drug-likeness (QED) is 0.479. The number of rotatable bonds is 7. The van der Waals surface area contributed by atoms with Gasteiger partial charge in [0.2, 0.25) is 5.91 Å². The molecule has 28 heavy (non-hydrogen) atoms. The Morgan fingerprint density at radius 3 is 2.82 bits per heavy atom. The number of pyridine rings is 1. The maximum absolute atomic E-state index is 12.1. The van der Waals surface area contributed by atoms with Crippen LogP contribution in [0.25, 0.3) is 11.5 Å². The van der Waals surface area contributed by atoms with Gasteiger partial charge in [-0.05, 0) is 44.0 Å². The summed E-state index contributed by atoms with van der Waals surface area (Å²) in [5.74, 6) is 1.68. The number of anilines is 1. The van der Waals surface area contributed by atoms with Crippen LogP contribution >= 0.6 is 11.8 Å². The number of Topliss-reactive ketones (excluding diaryl/α,β-unsaturated/α-hetero) is 1. The van der Waals surface area contributed by atoms with Crippen molar-refractivity contribution in [2.75, 3.05) is 11.1 Å². The zero-order valence-corrected chi connectivity index (χ0v) is 16.0. The Bertz CT molecular complexity index is 1010. The van der Waals surface area contributed by atoms with Crippen LogP contribution in [0.1, 0.15) is 41.9 Å². The predicted molar refractivity (Wildman–Crippen MR) is 105 cm³/mol. The molecule has 0 atom stereocenters. The zero-order chi connectivity index (χ0) is 19.5. The first kappa shape index (κ1) is 18.4. The van der Waals surface area contributed by atoms with E-state index in [1.807, 2.05) is 12.1 Å². The van der Waals surface area contributed by atoms with Crippen molar-refractivity contribution in [1.29, 1.82) is 0 Å². The van der Waals surface area contributed by atoms with Crippen molar-refractivity contribution in [3.05, 3.63) is 54.0 Å². The second-order valence-corrected chi connectivity index (χ2v) is 7.59. The minimum Gasteiger partial charge on any atom is -0.334 e. The summed E-state index contributed by atoms with van der Waals surface area (Å²) in [4.78, 5) is 32.3. The van der Waals surface area contributed by atoms with E-state index in [1.54, 1.807) is 30.5 Å². The van der Waals surface area contributed by atoms with E-state index in [1.165, 1.54) is 18.7 Å². The number of aromatic nitrogens is 3. The molecule has 7 nitrogen and oxygen atoms in total. The third-order valence-electron chi connectivity index (χ3n) is 4.27. The lowest BCUT2D eigenvalue weighted by Crippen LogP contribution is -2.14. The summed E-state index contributed by atoms with van der Waals surface area (Å²) in [6.45, 7) is 1.49. The van der Waals surface area contributed by atoms with Gasteiger partial charge in [0, 0.05) is 23.4 Å². The third kappa shape index (κ3) is 4.45. The van der Waals surface area contributed by atoms with E-state index >= 15 is 0 Å². The summed E-state index contributed by atoms with van der Waals surface area (Å²) in [6, 6.07) is 10.6. The summed E-state index contributed by atoms with van der Waals surface area (Å²) in [5.41, 5.74) is 1.92.